The molecule has 0 unspecified atom stereocenters. The van der Waals surface area contributed by atoms with E-state index in [0.717, 1.165) is 5.56 Å². The molecule has 0 saturated heterocycles. The number of hydrogen-bond donors (Lipinski definition) is 2. The summed E-state index contributed by atoms with van der Waals surface area (Å²) in [5.41, 5.74) is 0.928. The lowest BCUT2D eigenvalue weighted by molar-refractivity contribution is -0.138. The molecule has 1 aliphatic carbocycles. The molecule has 206 valence electrons. The first-order chi connectivity index (χ1) is 19.1. The smallest absolute Gasteiger partial charge is 0.417 e. The topological polar surface area (TPSA) is 97.3 Å². The average molecular weight is 554 g/mol. The predicted molar refractivity (Wildman–Crippen MR) is 136 cm³/mol. The van der Waals surface area contributed by atoms with Gasteiger partial charge in [-0.1, -0.05) is 30.3 Å². The van der Waals surface area contributed by atoms with Crippen LogP contribution in [0.5, 0.6) is 11.5 Å². The summed E-state index contributed by atoms with van der Waals surface area (Å²) < 4.78 is 69.5. The zero-order valence-corrected chi connectivity index (χ0v) is 21.2. The Labute approximate surface area is 225 Å². The summed E-state index contributed by atoms with van der Waals surface area (Å²) in [5, 5.41) is 15.9. The van der Waals surface area contributed by atoms with E-state index in [1.54, 1.807) is 49.4 Å². The van der Waals surface area contributed by atoms with E-state index < -0.39 is 29.6 Å². The van der Waals surface area contributed by atoms with Gasteiger partial charge in [-0.05, 0) is 48.6 Å². The van der Waals surface area contributed by atoms with Gasteiger partial charge in [0.2, 0.25) is 0 Å². The van der Waals surface area contributed by atoms with Crippen molar-refractivity contribution in [2.45, 2.75) is 44.4 Å². The molecular formula is C29H23F4N3O4. The Kier molecular flexibility index (Phi) is 6.24. The average Bonchev–Trinajstić information content (AvgIpc) is 3.63. The van der Waals surface area contributed by atoms with E-state index in [-0.39, 0.29) is 48.5 Å². The van der Waals surface area contributed by atoms with E-state index in [1.807, 2.05) is 0 Å². The third-order valence-corrected chi connectivity index (χ3v) is 7.30. The summed E-state index contributed by atoms with van der Waals surface area (Å²) in [5.74, 6) is -0.316. The molecule has 2 aliphatic rings. The number of carbonyl (C=O) groups is 1. The van der Waals surface area contributed by atoms with Gasteiger partial charge in [0.15, 0.2) is 5.82 Å². The Bertz CT molecular complexity index is 1620. The fourth-order valence-corrected chi connectivity index (χ4v) is 5.55. The molecule has 6 rings (SSSR count). The maximum Gasteiger partial charge on any atom is 0.417 e. The van der Waals surface area contributed by atoms with Crippen LogP contribution in [0.3, 0.4) is 0 Å². The van der Waals surface area contributed by atoms with Crippen molar-refractivity contribution in [3.05, 3.63) is 82.4 Å². The number of benzene rings is 3. The number of nitrogens with zero attached hydrogens (tertiary/aromatic N) is 2. The van der Waals surface area contributed by atoms with Crippen molar-refractivity contribution in [3.8, 4) is 34.0 Å². The minimum absolute atomic E-state index is 0.0680. The lowest BCUT2D eigenvalue weighted by atomic mass is 9.90. The van der Waals surface area contributed by atoms with Crippen LogP contribution in [0.4, 0.5) is 17.6 Å². The van der Waals surface area contributed by atoms with Gasteiger partial charge in [0, 0.05) is 28.7 Å². The third-order valence-electron chi connectivity index (χ3n) is 7.30. The SMILES string of the molecule is Cc1nc(-c2ccc(-c3c(C(F)(F)F)cc(F)c4c3CC[C@H]4Oc3ccc4c(c3)OC[C@H]4CC(=O)O)cc2)n[nH]1. The highest BCUT2D eigenvalue weighted by Gasteiger charge is 2.40. The standard InChI is InChI=1S/C29H23F4N3O4/c1-14-34-28(36-35-14)16-4-2-15(3-5-16)26-20-8-9-23(27(20)22(30)12-21(26)29(31,32)33)40-18-6-7-19-17(10-25(37)38)13-39-24(19)11-18/h2-7,11-12,17,23H,8-10,13H2,1H3,(H,37,38)(H,34,35,36)/t17-,23-/m1/s1. The van der Waals surface area contributed by atoms with Crippen LogP contribution in [0.1, 0.15) is 52.9 Å². The Morgan fingerprint density at radius 2 is 1.90 bits per heavy atom. The largest absolute Gasteiger partial charge is 0.492 e. The van der Waals surface area contributed by atoms with E-state index in [0.29, 0.717) is 40.3 Å². The molecule has 2 atom stereocenters. The van der Waals surface area contributed by atoms with Gasteiger partial charge < -0.3 is 14.6 Å². The first-order valence-electron chi connectivity index (χ1n) is 12.7. The molecule has 1 aromatic heterocycles. The highest BCUT2D eigenvalue weighted by molar-refractivity contribution is 5.76. The number of alkyl halides is 3. The number of nitrogens with one attached hydrogen (secondary N) is 1. The van der Waals surface area contributed by atoms with Crippen molar-refractivity contribution in [2.75, 3.05) is 6.61 Å². The second-order valence-corrected chi connectivity index (χ2v) is 9.94. The number of aryl methyl sites for hydroxylation is 1. The Balaban J connectivity index is 1.35. The number of carboxylic acids is 1. The van der Waals surface area contributed by atoms with E-state index >= 15 is 4.39 Å². The summed E-state index contributed by atoms with van der Waals surface area (Å²) >= 11 is 0. The molecule has 0 fully saturated rings. The van der Waals surface area contributed by atoms with E-state index in [1.165, 1.54) is 0 Å². The minimum atomic E-state index is -4.77. The monoisotopic (exact) mass is 553 g/mol. The fraction of sp³-hybridized carbons (Fsp3) is 0.276. The van der Waals surface area contributed by atoms with Crippen LogP contribution in [0.25, 0.3) is 22.5 Å². The van der Waals surface area contributed by atoms with Crippen LogP contribution < -0.4 is 9.47 Å². The van der Waals surface area contributed by atoms with Crippen molar-refractivity contribution in [2.24, 2.45) is 0 Å². The summed E-state index contributed by atoms with van der Waals surface area (Å²) in [4.78, 5) is 15.4. The first-order valence-corrected chi connectivity index (χ1v) is 12.7. The third kappa shape index (κ3) is 4.65. The Morgan fingerprint density at radius 3 is 2.58 bits per heavy atom. The highest BCUT2D eigenvalue weighted by Crippen LogP contribution is 2.48. The maximum absolute atomic E-state index is 15.3. The molecule has 2 N–H and O–H groups in total. The number of H-pyrrole nitrogens is 1. The number of aliphatic carboxylic acids is 1. The van der Waals surface area contributed by atoms with Crippen LogP contribution in [0.2, 0.25) is 0 Å². The van der Waals surface area contributed by atoms with Crippen LogP contribution in [0.15, 0.2) is 48.5 Å². The molecule has 0 spiro atoms. The van der Waals surface area contributed by atoms with Gasteiger partial charge >= 0.3 is 12.1 Å². The van der Waals surface area contributed by atoms with Crippen molar-refractivity contribution >= 4 is 5.97 Å². The van der Waals surface area contributed by atoms with Crippen LogP contribution in [-0.4, -0.2) is 32.9 Å². The zero-order chi connectivity index (χ0) is 28.2. The molecule has 0 saturated carbocycles. The first kappa shape index (κ1) is 25.8. The molecule has 7 nitrogen and oxygen atoms in total. The van der Waals surface area contributed by atoms with Crippen molar-refractivity contribution < 1.29 is 36.9 Å². The lowest BCUT2D eigenvalue weighted by Gasteiger charge is -2.21. The molecule has 0 radical (unpaired) electrons. The zero-order valence-electron chi connectivity index (χ0n) is 21.2. The predicted octanol–water partition coefficient (Wildman–Crippen LogP) is 6.62. The maximum atomic E-state index is 15.3. The number of carboxylic acid groups (broad SMARTS) is 1. The fourth-order valence-electron chi connectivity index (χ4n) is 5.55. The summed E-state index contributed by atoms with van der Waals surface area (Å²) in [6, 6.07) is 11.9. The molecule has 3 aromatic carbocycles. The second kappa shape index (κ2) is 9.65. The number of hydrogen-bond acceptors (Lipinski definition) is 5. The summed E-state index contributed by atoms with van der Waals surface area (Å²) in [7, 11) is 0. The van der Waals surface area contributed by atoms with Crippen molar-refractivity contribution in [1.29, 1.82) is 0 Å². The molecule has 0 amide bonds. The molecule has 40 heavy (non-hydrogen) atoms. The quantitative estimate of drug-likeness (QED) is 0.261. The summed E-state index contributed by atoms with van der Waals surface area (Å²) in [6.45, 7) is 1.97. The molecule has 2 heterocycles. The Hall–Kier alpha value is -4.41. The van der Waals surface area contributed by atoms with Crippen LogP contribution >= 0.6 is 0 Å². The molecule has 0 bridgehead atoms. The van der Waals surface area contributed by atoms with Crippen LogP contribution in [-0.2, 0) is 17.4 Å². The lowest BCUT2D eigenvalue weighted by Crippen LogP contribution is -2.12. The van der Waals surface area contributed by atoms with Gasteiger partial charge in [0.25, 0.3) is 0 Å². The molecule has 4 aromatic rings. The van der Waals surface area contributed by atoms with Crippen LogP contribution in [0, 0.1) is 12.7 Å². The van der Waals surface area contributed by atoms with Gasteiger partial charge in [-0.2, -0.15) is 18.3 Å². The van der Waals surface area contributed by atoms with Crippen molar-refractivity contribution in [3.63, 3.8) is 0 Å². The van der Waals surface area contributed by atoms with Crippen molar-refractivity contribution in [1.82, 2.24) is 15.2 Å². The van der Waals surface area contributed by atoms with Gasteiger partial charge in [-0.15, -0.1) is 0 Å². The number of rotatable bonds is 6. The number of halogens is 4. The van der Waals surface area contributed by atoms with Gasteiger partial charge in [-0.3, -0.25) is 9.89 Å². The Morgan fingerprint density at radius 1 is 1.15 bits per heavy atom. The van der Waals surface area contributed by atoms with E-state index in [2.05, 4.69) is 15.2 Å². The number of ether oxygens (including phenoxy) is 2. The van der Waals surface area contributed by atoms with E-state index in [9.17, 15) is 18.0 Å². The highest BCUT2D eigenvalue weighted by atomic mass is 19.4. The second-order valence-electron chi connectivity index (χ2n) is 9.94. The van der Waals surface area contributed by atoms with E-state index in [4.69, 9.17) is 14.6 Å². The molecule has 11 heteroatoms. The minimum Gasteiger partial charge on any atom is -0.492 e. The summed E-state index contributed by atoms with van der Waals surface area (Å²) in [6.07, 6.45) is -5.17. The number of fused-ring (bicyclic) bond motifs is 2. The molecule has 1 aliphatic heterocycles. The molecular weight excluding hydrogens is 530 g/mol. The normalized spacial score (nSPS) is 17.8. The van der Waals surface area contributed by atoms with Gasteiger partial charge in [-0.25, -0.2) is 9.37 Å². The van der Waals surface area contributed by atoms with Gasteiger partial charge in [0.1, 0.15) is 29.2 Å². The van der Waals surface area contributed by atoms with Gasteiger partial charge in [0.05, 0.1) is 18.6 Å². The number of aromatic nitrogens is 3. The number of aromatic amines is 1.